The molecule has 3 rings (SSSR count). The van der Waals surface area contributed by atoms with Gasteiger partial charge in [-0.2, -0.15) is 0 Å². The molecule has 3 aromatic rings. The van der Waals surface area contributed by atoms with E-state index in [1.165, 1.54) is 0 Å². The van der Waals surface area contributed by atoms with Crippen molar-refractivity contribution in [2.45, 2.75) is 6.54 Å². The maximum Gasteiger partial charge on any atom is 0.0499 e. The van der Waals surface area contributed by atoms with E-state index in [4.69, 9.17) is 23.2 Å². The van der Waals surface area contributed by atoms with Crippen molar-refractivity contribution in [1.29, 1.82) is 0 Å². The van der Waals surface area contributed by atoms with Gasteiger partial charge in [0.05, 0.1) is 0 Å². The predicted molar refractivity (Wildman–Crippen MR) is 86.9 cm³/mol. The summed E-state index contributed by atoms with van der Waals surface area (Å²) in [5.74, 6) is 0. The van der Waals surface area contributed by atoms with Gasteiger partial charge in [-0.15, -0.1) is 0 Å². The van der Waals surface area contributed by atoms with Gasteiger partial charge in [0.25, 0.3) is 0 Å². The first-order chi connectivity index (χ1) is 9.74. The standard InChI is InChI=1S/C16H14Cl2N2/c17-12-3-1-4-13(11-12)19-8-10-20-9-7-14-15(18)5-2-6-16(14)20/h1-7,9,11,19H,8,10H2. The van der Waals surface area contributed by atoms with Crippen molar-refractivity contribution in [3.63, 3.8) is 0 Å². The van der Waals surface area contributed by atoms with Crippen LogP contribution in [0.2, 0.25) is 10.0 Å². The van der Waals surface area contributed by atoms with E-state index in [0.717, 1.165) is 39.7 Å². The molecule has 2 aromatic carbocycles. The molecule has 0 saturated heterocycles. The molecule has 0 aliphatic rings. The Morgan fingerprint density at radius 3 is 2.70 bits per heavy atom. The van der Waals surface area contributed by atoms with Crippen LogP contribution >= 0.6 is 23.2 Å². The first kappa shape index (κ1) is 13.3. The van der Waals surface area contributed by atoms with Crippen LogP contribution in [0.3, 0.4) is 0 Å². The Bertz CT molecular complexity index is 734. The van der Waals surface area contributed by atoms with Gasteiger partial charge in [-0.25, -0.2) is 0 Å². The lowest BCUT2D eigenvalue weighted by Gasteiger charge is -2.09. The highest BCUT2D eigenvalue weighted by Gasteiger charge is 2.03. The molecular weight excluding hydrogens is 291 g/mol. The summed E-state index contributed by atoms with van der Waals surface area (Å²) in [5.41, 5.74) is 2.19. The van der Waals surface area contributed by atoms with E-state index >= 15 is 0 Å². The lowest BCUT2D eigenvalue weighted by molar-refractivity contribution is 0.757. The fourth-order valence-electron chi connectivity index (χ4n) is 2.30. The van der Waals surface area contributed by atoms with Crippen molar-refractivity contribution in [3.8, 4) is 0 Å². The number of hydrogen-bond donors (Lipinski definition) is 1. The molecule has 0 aliphatic carbocycles. The number of nitrogens with one attached hydrogen (secondary N) is 1. The summed E-state index contributed by atoms with van der Waals surface area (Å²) in [6, 6.07) is 15.8. The third-order valence-electron chi connectivity index (χ3n) is 3.27. The lowest BCUT2D eigenvalue weighted by Crippen LogP contribution is -2.09. The topological polar surface area (TPSA) is 17.0 Å². The summed E-state index contributed by atoms with van der Waals surface area (Å²) in [7, 11) is 0. The first-order valence-electron chi connectivity index (χ1n) is 6.47. The van der Waals surface area contributed by atoms with Gasteiger partial charge < -0.3 is 9.88 Å². The monoisotopic (exact) mass is 304 g/mol. The van der Waals surface area contributed by atoms with Gasteiger partial charge in [-0.05, 0) is 36.4 Å². The molecule has 0 saturated carbocycles. The van der Waals surface area contributed by atoms with E-state index in [1.807, 2.05) is 36.4 Å². The van der Waals surface area contributed by atoms with Gasteiger partial charge in [0.15, 0.2) is 0 Å². The van der Waals surface area contributed by atoms with Crippen LogP contribution in [0, 0.1) is 0 Å². The van der Waals surface area contributed by atoms with Crippen LogP contribution in [0.4, 0.5) is 5.69 Å². The molecule has 20 heavy (non-hydrogen) atoms. The maximum absolute atomic E-state index is 6.17. The average Bonchev–Trinajstić information content (AvgIpc) is 2.84. The van der Waals surface area contributed by atoms with Gasteiger partial charge in [-0.1, -0.05) is 35.3 Å². The molecule has 1 N–H and O–H groups in total. The molecule has 0 aliphatic heterocycles. The Morgan fingerprint density at radius 2 is 1.85 bits per heavy atom. The number of halogens is 2. The summed E-state index contributed by atoms with van der Waals surface area (Å²) < 4.78 is 2.19. The van der Waals surface area contributed by atoms with Crippen LogP contribution in [-0.4, -0.2) is 11.1 Å². The SMILES string of the molecule is Clc1cccc(NCCn2ccc3c(Cl)cccc32)c1. The van der Waals surface area contributed by atoms with Gasteiger partial charge in [0.1, 0.15) is 0 Å². The molecular formula is C16H14Cl2N2. The predicted octanol–water partition coefficient (Wildman–Crippen LogP) is 5.06. The molecule has 102 valence electrons. The van der Waals surface area contributed by atoms with Gasteiger partial charge in [0, 0.05) is 45.9 Å². The highest BCUT2D eigenvalue weighted by molar-refractivity contribution is 6.35. The number of rotatable bonds is 4. The molecule has 0 amide bonds. The second-order valence-corrected chi connectivity index (χ2v) is 5.46. The Balaban J connectivity index is 1.70. The highest BCUT2D eigenvalue weighted by atomic mass is 35.5. The van der Waals surface area contributed by atoms with E-state index in [0.29, 0.717) is 0 Å². The Hall–Kier alpha value is -1.64. The van der Waals surface area contributed by atoms with E-state index in [9.17, 15) is 0 Å². The summed E-state index contributed by atoms with van der Waals surface area (Å²) in [6.07, 6.45) is 2.07. The van der Waals surface area contributed by atoms with Crippen LogP contribution in [0.15, 0.2) is 54.7 Å². The van der Waals surface area contributed by atoms with Gasteiger partial charge in [0.2, 0.25) is 0 Å². The number of nitrogens with zero attached hydrogens (tertiary/aromatic N) is 1. The van der Waals surface area contributed by atoms with Crippen molar-refractivity contribution in [1.82, 2.24) is 4.57 Å². The Kier molecular flexibility index (Phi) is 3.86. The van der Waals surface area contributed by atoms with Gasteiger partial charge in [-0.3, -0.25) is 0 Å². The second-order valence-electron chi connectivity index (χ2n) is 4.62. The minimum absolute atomic E-state index is 0.744. The van der Waals surface area contributed by atoms with Crippen LogP contribution < -0.4 is 5.32 Å². The molecule has 1 heterocycles. The zero-order valence-corrected chi connectivity index (χ0v) is 12.3. The second kappa shape index (κ2) is 5.78. The zero-order valence-electron chi connectivity index (χ0n) is 10.8. The van der Waals surface area contributed by atoms with Gasteiger partial charge >= 0.3 is 0 Å². The third-order valence-corrected chi connectivity index (χ3v) is 3.83. The Morgan fingerprint density at radius 1 is 1.00 bits per heavy atom. The van der Waals surface area contributed by atoms with Crippen LogP contribution in [0.1, 0.15) is 0 Å². The Labute approximate surface area is 127 Å². The fraction of sp³-hybridized carbons (Fsp3) is 0.125. The molecule has 1 aromatic heterocycles. The molecule has 0 bridgehead atoms. The quantitative estimate of drug-likeness (QED) is 0.713. The van der Waals surface area contributed by atoms with Crippen molar-refractivity contribution in [2.24, 2.45) is 0 Å². The summed E-state index contributed by atoms with van der Waals surface area (Å²) in [6.45, 7) is 1.70. The molecule has 0 atom stereocenters. The number of aromatic nitrogens is 1. The number of anilines is 1. The summed E-state index contributed by atoms with van der Waals surface area (Å²) >= 11 is 12.1. The zero-order chi connectivity index (χ0) is 13.9. The van der Waals surface area contributed by atoms with E-state index in [-0.39, 0.29) is 0 Å². The van der Waals surface area contributed by atoms with E-state index in [2.05, 4.69) is 28.2 Å². The third kappa shape index (κ3) is 2.77. The number of benzene rings is 2. The average molecular weight is 305 g/mol. The first-order valence-corrected chi connectivity index (χ1v) is 7.22. The number of fused-ring (bicyclic) bond motifs is 1. The fourth-order valence-corrected chi connectivity index (χ4v) is 2.72. The highest BCUT2D eigenvalue weighted by Crippen LogP contribution is 2.24. The molecule has 2 nitrogen and oxygen atoms in total. The van der Waals surface area contributed by atoms with Crippen molar-refractivity contribution in [2.75, 3.05) is 11.9 Å². The summed E-state index contributed by atoms with van der Waals surface area (Å²) in [5, 5.41) is 6.00. The minimum atomic E-state index is 0.744. The normalized spacial score (nSPS) is 10.9. The maximum atomic E-state index is 6.17. The lowest BCUT2D eigenvalue weighted by atomic mass is 10.2. The number of hydrogen-bond acceptors (Lipinski definition) is 1. The summed E-state index contributed by atoms with van der Waals surface area (Å²) in [4.78, 5) is 0. The molecule has 4 heteroatoms. The van der Waals surface area contributed by atoms with Crippen LogP contribution in [0.5, 0.6) is 0 Å². The van der Waals surface area contributed by atoms with Crippen LogP contribution in [0.25, 0.3) is 10.9 Å². The van der Waals surface area contributed by atoms with Crippen molar-refractivity contribution >= 4 is 39.8 Å². The van der Waals surface area contributed by atoms with Crippen molar-refractivity contribution in [3.05, 3.63) is 64.8 Å². The van der Waals surface area contributed by atoms with E-state index in [1.54, 1.807) is 0 Å². The molecule has 0 unspecified atom stereocenters. The molecule has 0 spiro atoms. The minimum Gasteiger partial charge on any atom is -0.383 e. The van der Waals surface area contributed by atoms with Crippen LogP contribution in [-0.2, 0) is 6.54 Å². The van der Waals surface area contributed by atoms with E-state index < -0.39 is 0 Å². The largest absolute Gasteiger partial charge is 0.383 e. The smallest absolute Gasteiger partial charge is 0.0499 e. The molecule has 0 fully saturated rings. The van der Waals surface area contributed by atoms with Crippen molar-refractivity contribution < 1.29 is 0 Å². The molecule has 0 radical (unpaired) electrons.